The number of nitrogens with one attached hydrogen (secondary N) is 1. The standard InChI is InChI=1S/C20H22F4N4O2S/c21-17-18(25-11-15-3-2-10-31(15,29)30)26-12-27-19(17)28-9-1-4-16(28)13-5-7-14(8-6-13)20(22,23)24/h5-8,12,15-16H,1-4,9-11H2,(H,25,26,27)/t15?,16-/m1/s1. The molecule has 31 heavy (non-hydrogen) atoms. The summed E-state index contributed by atoms with van der Waals surface area (Å²) < 4.78 is 77.7. The number of hydrogen-bond donors (Lipinski definition) is 1. The van der Waals surface area contributed by atoms with Crippen LogP contribution in [0.25, 0.3) is 0 Å². The minimum absolute atomic E-state index is 0.0502. The van der Waals surface area contributed by atoms with Gasteiger partial charge < -0.3 is 10.2 Å². The van der Waals surface area contributed by atoms with Crippen molar-refractivity contribution < 1.29 is 26.0 Å². The van der Waals surface area contributed by atoms with Gasteiger partial charge in [-0.1, -0.05) is 12.1 Å². The zero-order valence-corrected chi connectivity index (χ0v) is 17.4. The van der Waals surface area contributed by atoms with Crippen molar-refractivity contribution in [3.05, 3.63) is 47.5 Å². The largest absolute Gasteiger partial charge is 0.416 e. The van der Waals surface area contributed by atoms with Crippen LogP contribution in [-0.2, 0) is 16.0 Å². The van der Waals surface area contributed by atoms with Gasteiger partial charge >= 0.3 is 6.18 Å². The van der Waals surface area contributed by atoms with Gasteiger partial charge in [0.25, 0.3) is 0 Å². The van der Waals surface area contributed by atoms with E-state index in [0.717, 1.165) is 18.6 Å². The fraction of sp³-hybridized carbons (Fsp3) is 0.500. The smallest absolute Gasteiger partial charge is 0.366 e. The van der Waals surface area contributed by atoms with E-state index in [-0.39, 0.29) is 30.0 Å². The maximum absolute atomic E-state index is 15.2. The lowest BCUT2D eigenvalue weighted by atomic mass is 10.0. The molecule has 0 bridgehead atoms. The number of hydrogen-bond acceptors (Lipinski definition) is 6. The molecule has 4 rings (SSSR count). The first kappa shape index (κ1) is 21.8. The van der Waals surface area contributed by atoms with Crippen LogP contribution >= 0.6 is 0 Å². The highest BCUT2D eigenvalue weighted by Crippen LogP contribution is 2.38. The molecule has 2 atom stereocenters. The van der Waals surface area contributed by atoms with Crippen LogP contribution in [0.4, 0.5) is 29.2 Å². The average molecular weight is 458 g/mol. The number of halogens is 4. The molecule has 2 aromatic rings. The third kappa shape index (κ3) is 4.46. The Bertz CT molecular complexity index is 1040. The fourth-order valence-electron chi connectivity index (χ4n) is 4.24. The maximum atomic E-state index is 15.2. The van der Waals surface area contributed by atoms with Crippen molar-refractivity contribution in [2.24, 2.45) is 0 Å². The van der Waals surface area contributed by atoms with Crippen LogP contribution < -0.4 is 10.2 Å². The second-order valence-electron chi connectivity index (χ2n) is 7.84. The van der Waals surface area contributed by atoms with E-state index in [2.05, 4.69) is 15.3 Å². The van der Waals surface area contributed by atoms with Gasteiger partial charge in [-0.25, -0.2) is 18.4 Å². The number of sulfone groups is 1. The molecule has 2 saturated heterocycles. The summed E-state index contributed by atoms with van der Waals surface area (Å²) in [5.74, 6) is -0.588. The molecule has 3 heterocycles. The Balaban J connectivity index is 1.54. The minimum Gasteiger partial charge on any atom is -0.366 e. The highest BCUT2D eigenvalue weighted by molar-refractivity contribution is 7.92. The van der Waals surface area contributed by atoms with Gasteiger partial charge in [0.1, 0.15) is 6.33 Å². The monoisotopic (exact) mass is 458 g/mol. The first-order valence-electron chi connectivity index (χ1n) is 10.1. The molecular weight excluding hydrogens is 436 g/mol. The first-order valence-corrected chi connectivity index (χ1v) is 11.8. The van der Waals surface area contributed by atoms with Crippen LogP contribution in [0.2, 0.25) is 0 Å². The van der Waals surface area contributed by atoms with Gasteiger partial charge in [-0.15, -0.1) is 0 Å². The Morgan fingerprint density at radius 1 is 1.10 bits per heavy atom. The normalized spacial score (nSPS) is 23.3. The van der Waals surface area contributed by atoms with Gasteiger partial charge in [0, 0.05) is 13.1 Å². The molecule has 2 aliphatic rings. The second kappa shape index (κ2) is 8.25. The second-order valence-corrected chi connectivity index (χ2v) is 10.2. The SMILES string of the molecule is O=S1(=O)CCCC1CNc1ncnc(N2CCC[C@@H]2c2ccc(C(F)(F)F)cc2)c1F. The van der Waals surface area contributed by atoms with Crippen LogP contribution in [-0.4, -0.2) is 42.5 Å². The third-order valence-electron chi connectivity index (χ3n) is 5.88. The number of aromatic nitrogens is 2. The zero-order chi connectivity index (χ0) is 22.2. The number of nitrogens with zero attached hydrogens (tertiary/aromatic N) is 3. The van der Waals surface area contributed by atoms with Crippen molar-refractivity contribution in [3.63, 3.8) is 0 Å². The van der Waals surface area contributed by atoms with Crippen molar-refractivity contribution in [1.29, 1.82) is 0 Å². The molecule has 1 unspecified atom stereocenters. The quantitative estimate of drug-likeness (QED) is 0.684. The molecule has 1 N–H and O–H groups in total. The average Bonchev–Trinajstić information content (AvgIpc) is 3.33. The number of benzene rings is 1. The summed E-state index contributed by atoms with van der Waals surface area (Å²) in [5, 5.41) is 2.22. The summed E-state index contributed by atoms with van der Waals surface area (Å²) in [7, 11) is -3.17. The van der Waals surface area contributed by atoms with Gasteiger partial charge in [-0.05, 0) is 43.4 Å². The summed E-state index contributed by atoms with van der Waals surface area (Å²) in [6.07, 6.45) is -0.714. The summed E-state index contributed by atoms with van der Waals surface area (Å²) in [4.78, 5) is 9.69. The molecule has 0 radical (unpaired) electrons. The van der Waals surface area contributed by atoms with E-state index < -0.39 is 32.6 Å². The molecule has 1 aromatic heterocycles. The first-order chi connectivity index (χ1) is 14.7. The molecule has 1 aromatic carbocycles. The van der Waals surface area contributed by atoms with E-state index in [4.69, 9.17) is 0 Å². The topological polar surface area (TPSA) is 75.2 Å². The van der Waals surface area contributed by atoms with Crippen LogP contribution in [0.15, 0.2) is 30.6 Å². The van der Waals surface area contributed by atoms with E-state index in [1.807, 2.05) is 0 Å². The molecule has 0 saturated carbocycles. The van der Waals surface area contributed by atoms with E-state index in [9.17, 15) is 21.6 Å². The Hall–Kier alpha value is -2.43. The van der Waals surface area contributed by atoms with E-state index in [1.165, 1.54) is 18.5 Å². The van der Waals surface area contributed by atoms with Crippen molar-refractivity contribution in [2.75, 3.05) is 29.1 Å². The van der Waals surface area contributed by atoms with Crippen molar-refractivity contribution in [3.8, 4) is 0 Å². The third-order valence-corrected chi connectivity index (χ3v) is 8.15. The maximum Gasteiger partial charge on any atom is 0.416 e. The zero-order valence-electron chi connectivity index (χ0n) is 16.6. The highest BCUT2D eigenvalue weighted by atomic mass is 32.2. The lowest BCUT2D eigenvalue weighted by molar-refractivity contribution is -0.137. The Morgan fingerprint density at radius 3 is 2.48 bits per heavy atom. The number of rotatable bonds is 5. The fourth-order valence-corrected chi connectivity index (χ4v) is 6.01. The summed E-state index contributed by atoms with van der Waals surface area (Å²) >= 11 is 0. The van der Waals surface area contributed by atoms with Gasteiger partial charge in [-0.2, -0.15) is 17.6 Å². The summed E-state index contributed by atoms with van der Waals surface area (Å²) in [6, 6.07) is 4.56. The predicted octanol–water partition coefficient (Wildman–Crippen LogP) is 3.97. The molecule has 0 aliphatic carbocycles. The number of alkyl halides is 3. The molecule has 0 spiro atoms. The lowest BCUT2D eigenvalue weighted by Crippen LogP contribution is -2.27. The minimum atomic E-state index is -4.42. The number of anilines is 2. The van der Waals surface area contributed by atoms with E-state index in [0.29, 0.717) is 31.4 Å². The Kier molecular flexibility index (Phi) is 5.80. The lowest BCUT2D eigenvalue weighted by Gasteiger charge is -2.27. The van der Waals surface area contributed by atoms with Gasteiger partial charge in [0.05, 0.1) is 22.6 Å². The molecule has 0 amide bonds. The van der Waals surface area contributed by atoms with Crippen molar-refractivity contribution in [2.45, 2.75) is 43.2 Å². The Morgan fingerprint density at radius 2 is 1.84 bits per heavy atom. The summed E-state index contributed by atoms with van der Waals surface area (Å²) in [6.45, 7) is 0.564. The van der Waals surface area contributed by atoms with Crippen LogP contribution in [0.5, 0.6) is 0 Å². The van der Waals surface area contributed by atoms with E-state index in [1.54, 1.807) is 4.90 Å². The molecule has 168 valence electrons. The van der Waals surface area contributed by atoms with Gasteiger partial charge in [0.2, 0.25) is 5.82 Å². The van der Waals surface area contributed by atoms with E-state index >= 15 is 4.39 Å². The molecule has 2 fully saturated rings. The van der Waals surface area contributed by atoms with Gasteiger partial charge in [0.15, 0.2) is 21.5 Å². The molecule has 11 heteroatoms. The van der Waals surface area contributed by atoms with Crippen molar-refractivity contribution in [1.82, 2.24) is 9.97 Å². The van der Waals surface area contributed by atoms with Crippen molar-refractivity contribution >= 4 is 21.5 Å². The molecule has 2 aliphatic heterocycles. The molecular formula is C20H22F4N4O2S. The Labute approximate surface area is 177 Å². The summed E-state index contributed by atoms with van der Waals surface area (Å²) in [5.41, 5.74) is -0.0857. The van der Waals surface area contributed by atoms with Crippen LogP contribution in [0.3, 0.4) is 0 Å². The van der Waals surface area contributed by atoms with Gasteiger partial charge in [-0.3, -0.25) is 0 Å². The molecule has 6 nitrogen and oxygen atoms in total. The van der Waals surface area contributed by atoms with Crippen LogP contribution in [0, 0.1) is 5.82 Å². The highest BCUT2D eigenvalue weighted by Gasteiger charge is 2.34. The van der Waals surface area contributed by atoms with Crippen LogP contribution in [0.1, 0.15) is 42.9 Å². The predicted molar refractivity (Wildman–Crippen MR) is 108 cm³/mol.